The van der Waals surface area contributed by atoms with Crippen LogP contribution in [0.15, 0.2) is 53.5 Å². The molecular weight excluding hydrogens is 306 g/mol. The fraction of sp³-hybridized carbons (Fsp3) is 0.222. The predicted molar refractivity (Wildman–Crippen MR) is 91.1 cm³/mol. The fourth-order valence-corrected chi connectivity index (χ4v) is 2.83. The summed E-state index contributed by atoms with van der Waals surface area (Å²) in [6.45, 7) is 0. The quantitative estimate of drug-likeness (QED) is 0.874. The van der Waals surface area contributed by atoms with E-state index in [0.29, 0.717) is 12.2 Å². The Balaban J connectivity index is 2.00. The molecule has 0 saturated heterocycles. The Morgan fingerprint density at radius 3 is 2.00 bits per heavy atom. The van der Waals surface area contributed by atoms with Crippen molar-refractivity contribution >= 4 is 11.9 Å². The van der Waals surface area contributed by atoms with Crippen LogP contribution in [0.4, 0.5) is 0 Å². The molecule has 6 nitrogen and oxygen atoms in total. The number of amides is 1. The van der Waals surface area contributed by atoms with Crippen molar-refractivity contribution in [2.75, 3.05) is 14.2 Å². The third kappa shape index (κ3) is 2.78. The number of hydrogen-bond donors (Lipinski definition) is 2. The first kappa shape index (κ1) is 15.9. The van der Waals surface area contributed by atoms with Gasteiger partial charge in [-0.2, -0.15) is 0 Å². The van der Waals surface area contributed by atoms with Crippen molar-refractivity contribution in [3.05, 3.63) is 59.7 Å². The predicted octanol–water partition coefficient (Wildman–Crippen LogP) is 1.59. The molecule has 0 aromatic heterocycles. The lowest BCUT2D eigenvalue weighted by molar-refractivity contribution is -0.124. The number of carbonyl (C=O) groups is 1. The molecule has 1 amide bonds. The molecule has 124 valence electrons. The van der Waals surface area contributed by atoms with Crippen LogP contribution in [-0.4, -0.2) is 26.1 Å². The minimum Gasteiger partial charge on any atom is -0.497 e. The van der Waals surface area contributed by atoms with Gasteiger partial charge in [-0.25, -0.2) is 4.99 Å². The first-order valence-electron chi connectivity index (χ1n) is 7.51. The van der Waals surface area contributed by atoms with Crippen LogP contribution in [0.5, 0.6) is 11.5 Å². The Kier molecular flexibility index (Phi) is 4.12. The summed E-state index contributed by atoms with van der Waals surface area (Å²) in [6, 6.07) is 14.8. The van der Waals surface area contributed by atoms with Crippen molar-refractivity contribution in [3.63, 3.8) is 0 Å². The second kappa shape index (κ2) is 6.23. The first-order chi connectivity index (χ1) is 11.6. The molecule has 0 saturated carbocycles. The van der Waals surface area contributed by atoms with Crippen LogP contribution >= 0.6 is 0 Å². The lowest BCUT2D eigenvalue weighted by Crippen LogP contribution is -2.40. The molecule has 2 aromatic rings. The Morgan fingerprint density at radius 1 is 1.00 bits per heavy atom. The van der Waals surface area contributed by atoms with E-state index >= 15 is 0 Å². The molecule has 0 spiro atoms. The maximum atomic E-state index is 12.6. The lowest BCUT2D eigenvalue weighted by atomic mass is 9.84. The van der Waals surface area contributed by atoms with Gasteiger partial charge < -0.3 is 15.2 Å². The number of nitrogens with one attached hydrogen (secondary N) is 1. The minimum atomic E-state index is -1.08. The highest BCUT2D eigenvalue weighted by Gasteiger charge is 2.44. The average molecular weight is 325 g/mol. The summed E-state index contributed by atoms with van der Waals surface area (Å²) in [4.78, 5) is 17.1. The van der Waals surface area contributed by atoms with E-state index in [2.05, 4.69) is 10.3 Å². The van der Waals surface area contributed by atoms with Crippen molar-refractivity contribution in [1.29, 1.82) is 0 Å². The lowest BCUT2D eigenvalue weighted by Gasteiger charge is -2.24. The molecule has 6 heteroatoms. The van der Waals surface area contributed by atoms with Crippen LogP contribution < -0.4 is 20.5 Å². The van der Waals surface area contributed by atoms with Gasteiger partial charge >= 0.3 is 0 Å². The van der Waals surface area contributed by atoms with E-state index in [1.165, 1.54) is 0 Å². The van der Waals surface area contributed by atoms with Gasteiger partial charge in [-0.3, -0.25) is 10.1 Å². The van der Waals surface area contributed by atoms with Crippen LogP contribution in [0.25, 0.3) is 0 Å². The molecule has 3 rings (SSSR count). The van der Waals surface area contributed by atoms with Gasteiger partial charge in [-0.15, -0.1) is 0 Å². The number of hydrogen-bond acceptors (Lipinski definition) is 5. The van der Waals surface area contributed by atoms with Crippen molar-refractivity contribution in [2.45, 2.75) is 12.0 Å². The third-order valence-corrected chi connectivity index (χ3v) is 4.12. The monoisotopic (exact) mass is 325 g/mol. The number of nitrogens with zero attached hydrogens (tertiary/aromatic N) is 1. The van der Waals surface area contributed by atoms with E-state index in [1.54, 1.807) is 14.2 Å². The zero-order valence-corrected chi connectivity index (χ0v) is 13.6. The Labute approximate surface area is 140 Å². The molecule has 1 aliphatic heterocycles. The average Bonchev–Trinajstić information content (AvgIpc) is 2.90. The highest BCUT2D eigenvalue weighted by atomic mass is 16.5. The second-order valence-corrected chi connectivity index (χ2v) is 5.56. The van der Waals surface area contributed by atoms with Gasteiger partial charge in [-0.1, -0.05) is 24.3 Å². The van der Waals surface area contributed by atoms with Crippen molar-refractivity contribution in [2.24, 2.45) is 10.7 Å². The Bertz CT molecular complexity index is 769. The Morgan fingerprint density at radius 2 is 1.54 bits per heavy atom. The number of ether oxygens (including phenoxy) is 2. The topological polar surface area (TPSA) is 85.9 Å². The van der Waals surface area contributed by atoms with E-state index in [-0.39, 0.29) is 11.9 Å². The van der Waals surface area contributed by atoms with Gasteiger partial charge in [0.15, 0.2) is 11.5 Å². The second-order valence-electron chi connectivity index (χ2n) is 5.56. The van der Waals surface area contributed by atoms with Crippen molar-refractivity contribution in [1.82, 2.24) is 5.32 Å². The van der Waals surface area contributed by atoms with E-state index in [1.807, 2.05) is 48.5 Å². The molecule has 1 heterocycles. The van der Waals surface area contributed by atoms with Crippen LogP contribution in [0.1, 0.15) is 11.1 Å². The molecule has 24 heavy (non-hydrogen) atoms. The highest BCUT2D eigenvalue weighted by molar-refractivity contribution is 6.07. The SMILES string of the molecule is COc1ccc(C[C@]2(c3ccc(OC)cc3)N=C(N)NC2=O)cc1. The van der Waals surface area contributed by atoms with Gasteiger partial charge in [0, 0.05) is 6.42 Å². The smallest absolute Gasteiger partial charge is 0.259 e. The Hall–Kier alpha value is -3.02. The van der Waals surface area contributed by atoms with E-state index < -0.39 is 5.54 Å². The van der Waals surface area contributed by atoms with Crippen LogP contribution in [-0.2, 0) is 16.8 Å². The first-order valence-corrected chi connectivity index (χ1v) is 7.51. The number of rotatable bonds is 5. The summed E-state index contributed by atoms with van der Waals surface area (Å²) in [5.74, 6) is 1.37. The molecule has 1 aliphatic rings. The molecule has 3 N–H and O–H groups in total. The van der Waals surface area contributed by atoms with Crippen LogP contribution in [0, 0.1) is 0 Å². The molecule has 2 aromatic carbocycles. The molecule has 0 bridgehead atoms. The summed E-state index contributed by atoms with van der Waals surface area (Å²) in [5.41, 5.74) is 6.41. The zero-order valence-electron chi connectivity index (χ0n) is 13.6. The molecule has 0 fully saturated rings. The van der Waals surface area contributed by atoms with Crippen molar-refractivity contribution in [3.8, 4) is 11.5 Å². The van der Waals surface area contributed by atoms with Gasteiger partial charge in [0.25, 0.3) is 5.91 Å². The zero-order chi connectivity index (χ0) is 17.2. The van der Waals surface area contributed by atoms with Gasteiger partial charge in [-0.05, 0) is 35.4 Å². The standard InChI is InChI=1S/C18H19N3O3/c1-23-14-7-3-12(4-8-14)11-18(16(22)20-17(19)21-18)13-5-9-15(24-2)10-6-13/h3-10H,11H2,1-2H3,(H3,19,20,21,22)/t18-/m1/s1. The minimum absolute atomic E-state index is 0.129. The number of carbonyl (C=O) groups excluding carboxylic acids is 1. The van der Waals surface area contributed by atoms with Crippen molar-refractivity contribution < 1.29 is 14.3 Å². The van der Waals surface area contributed by atoms with Crippen LogP contribution in [0.2, 0.25) is 0 Å². The van der Waals surface area contributed by atoms with Gasteiger partial charge in [0.1, 0.15) is 11.5 Å². The molecular formula is C18H19N3O3. The third-order valence-electron chi connectivity index (χ3n) is 4.12. The number of guanidine groups is 1. The summed E-state index contributed by atoms with van der Waals surface area (Å²) in [7, 11) is 3.21. The van der Waals surface area contributed by atoms with Gasteiger partial charge in [0.2, 0.25) is 0 Å². The van der Waals surface area contributed by atoms with E-state index in [9.17, 15) is 4.79 Å². The summed E-state index contributed by atoms with van der Waals surface area (Å²) >= 11 is 0. The number of methoxy groups -OCH3 is 2. The maximum absolute atomic E-state index is 12.6. The highest BCUT2D eigenvalue weighted by Crippen LogP contribution is 2.34. The summed E-state index contributed by atoms with van der Waals surface area (Å²) in [6.07, 6.45) is 0.399. The number of benzene rings is 2. The largest absolute Gasteiger partial charge is 0.497 e. The van der Waals surface area contributed by atoms with E-state index in [4.69, 9.17) is 15.2 Å². The maximum Gasteiger partial charge on any atom is 0.259 e. The van der Waals surface area contributed by atoms with E-state index in [0.717, 1.165) is 16.9 Å². The fourth-order valence-electron chi connectivity index (χ4n) is 2.83. The summed E-state index contributed by atoms with van der Waals surface area (Å²) in [5, 5.41) is 2.61. The number of aliphatic imine (C=N–C) groups is 1. The normalized spacial score (nSPS) is 19.6. The molecule has 1 atom stereocenters. The molecule has 0 aliphatic carbocycles. The van der Waals surface area contributed by atoms with Gasteiger partial charge in [0.05, 0.1) is 14.2 Å². The van der Waals surface area contributed by atoms with Crippen LogP contribution in [0.3, 0.4) is 0 Å². The summed E-state index contributed by atoms with van der Waals surface area (Å²) < 4.78 is 10.4. The molecule has 0 radical (unpaired) electrons. The molecule has 0 unspecified atom stereocenters. The number of nitrogens with two attached hydrogens (primary N) is 1.